The molecule has 1 aromatic heterocycles. The van der Waals surface area contributed by atoms with Gasteiger partial charge in [-0.25, -0.2) is 0 Å². The van der Waals surface area contributed by atoms with Crippen molar-refractivity contribution in [2.24, 2.45) is 23.7 Å². The van der Waals surface area contributed by atoms with Gasteiger partial charge in [0, 0.05) is 10.9 Å². The molecule has 5 fully saturated rings. The normalized spacial score (nSPS) is 40.4. The van der Waals surface area contributed by atoms with Crippen LogP contribution in [-0.4, -0.2) is 32.6 Å². The van der Waals surface area contributed by atoms with E-state index in [-0.39, 0.29) is 18.1 Å². The Morgan fingerprint density at radius 3 is 2.37 bits per heavy atom. The van der Waals surface area contributed by atoms with Crippen LogP contribution in [0.15, 0.2) is 24.4 Å². The molecule has 0 spiro atoms. The second-order valence-electron chi connectivity index (χ2n) is 9.57. The number of aliphatic hydroxyl groups excluding tert-OH is 1. The molecule has 0 saturated heterocycles. The van der Waals surface area contributed by atoms with Gasteiger partial charge in [0.15, 0.2) is 0 Å². The standard InChI is InChI=1S/C22H30N2O2S/c25-18-8-17(9-18)21(19-3-1-2-4-23-19)24-20(26)13-27-22-10-14-5-15(11-22)7-16(6-14)12-22/h1-4,14-18,21,25H,5-13H2,(H,24,26)/t14?,15?,16?,17?,18?,21-,22?/m0/s1. The van der Waals surface area contributed by atoms with Crippen LogP contribution in [0.1, 0.15) is 63.1 Å². The largest absolute Gasteiger partial charge is 0.393 e. The molecule has 1 amide bonds. The summed E-state index contributed by atoms with van der Waals surface area (Å²) >= 11 is 1.94. The van der Waals surface area contributed by atoms with Crippen molar-refractivity contribution in [2.75, 3.05) is 5.75 Å². The molecule has 5 aliphatic carbocycles. The first-order chi connectivity index (χ1) is 13.1. The van der Waals surface area contributed by atoms with Crippen molar-refractivity contribution in [1.82, 2.24) is 10.3 Å². The van der Waals surface area contributed by atoms with Gasteiger partial charge in [-0.15, -0.1) is 11.8 Å². The van der Waals surface area contributed by atoms with Crippen LogP contribution in [0.2, 0.25) is 0 Å². The molecule has 0 radical (unpaired) electrons. The van der Waals surface area contributed by atoms with Crippen LogP contribution in [0.25, 0.3) is 0 Å². The Bertz CT molecular complexity index is 654. The van der Waals surface area contributed by atoms with Crippen molar-refractivity contribution in [3.63, 3.8) is 0 Å². The molecule has 4 bridgehead atoms. The minimum absolute atomic E-state index is 0.0703. The number of amides is 1. The number of hydrogen-bond donors (Lipinski definition) is 2. The Morgan fingerprint density at radius 1 is 1.15 bits per heavy atom. The Labute approximate surface area is 165 Å². The van der Waals surface area contributed by atoms with Crippen molar-refractivity contribution in [3.8, 4) is 0 Å². The molecule has 5 saturated carbocycles. The van der Waals surface area contributed by atoms with Crippen molar-refractivity contribution in [2.45, 2.75) is 68.3 Å². The third-order valence-electron chi connectivity index (χ3n) is 7.44. The SMILES string of the molecule is O=C(CSC12CC3CC(CC(C3)C1)C2)N[C@H](c1ccccn1)C1CC(O)C1. The first-order valence-corrected chi connectivity index (χ1v) is 11.6. The van der Waals surface area contributed by atoms with Crippen molar-refractivity contribution in [1.29, 1.82) is 0 Å². The van der Waals surface area contributed by atoms with Crippen LogP contribution >= 0.6 is 11.8 Å². The van der Waals surface area contributed by atoms with E-state index < -0.39 is 0 Å². The molecule has 1 atom stereocenters. The molecule has 0 aromatic carbocycles. The summed E-state index contributed by atoms with van der Waals surface area (Å²) in [6.45, 7) is 0. The highest BCUT2D eigenvalue weighted by Crippen LogP contribution is 2.60. The number of rotatable bonds is 6. The summed E-state index contributed by atoms with van der Waals surface area (Å²) in [5.74, 6) is 3.75. The third kappa shape index (κ3) is 3.65. The number of hydrogen-bond acceptors (Lipinski definition) is 4. The lowest BCUT2D eigenvalue weighted by Crippen LogP contribution is -2.49. The summed E-state index contributed by atoms with van der Waals surface area (Å²) < 4.78 is 0.374. The predicted molar refractivity (Wildman–Crippen MR) is 107 cm³/mol. The Kier molecular flexibility index (Phi) is 4.71. The van der Waals surface area contributed by atoms with E-state index in [1.165, 1.54) is 38.5 Å². The highest BCUT2D eigenvalue weighted by atomic mass is 32.2. The number of carbonyl (C=O) groups is 1. The van der Waals surface area contributed by atoms with Crippen molar-refractivity contribution in [3.05, 3.63) is 30.1 Å². The van der Waals surface area contributed by atoms with Crippen LogP contribution in [0.3, 0.4) is 0 Å². The van der Waals surface area contributed by atoms with Gasteiger partial charge in [-0.2, -0.15) is 0 Å². The molecule has 4 nitrogen and oxygen atoms in total. The fourth-order valence-electron chi connectivity index (χ4n) is 6.54. The molecule has 5 heteroatoms. The molecule has 2 N–H and O–H groups in total. The van der Waals surface area contributed by atoms with Gasteiger partial charge >= 0.3 is 0 Å². The van der Waals surface area contributed by atoms with E-state index >= 15 is 0 Å². The molecule has 6 rings (SSSR count). The fraction of sp³-hybridized carbons (Fsp3) is 0.727. The van der Waals surface area contributed by atoms with Gasteiger partial charge in [0.1, 0.15) is 0 Å². The van der Waals surface area contributed by atoms with E-state index in [2.05, 4.69) is 10.3 Å². The van der Waals surface area contributed by atoms with E-state index in [1.54, 1.807) is 6.20 Å². The second kappa shape index (κ2) is 7.07. The quantitative estimate of drug-likeness (QED) is 0.782. The lowest BCUT2D eigenvalue weighted by molar-refractivity contribution is -0.120. The first kappa shape index (κ1) is 18.0. The fourth-order valence-corrected chi connectivity index (χ4v) is 8.12. The van der Waals surface area contributed by atoms with Crippen LogP contribution in [-0.2, 0) is 4.79 Å². The monoisotopic (exact) mass is 386 g/mol. The molecule has 27 heavy (non-hydrogen) atoms. The number of aromatic nitrogens is 1. The Balaban J connectivity index is 1.21. The molecule has 1 aromatic rings. The molecule has 146 valence electrons. The van der Waals surface area contributed by atoms with Gasteiger partial charge < -0.3 is 10.4 Å². The Morgan fingerprint density at radius 2 is 1.81 bits per heavy atom. The maximum atomic E-state index is 12.8. The number of carbonyl (C=O) groups excluding carboxylic acids is 1. The van der Waals surface area contributed by atoms with E-state index in [0.717, 1.165) is 36.3 Å². The van der Waals surface area contributed by atoms with Gasteiger partial charge in [-0.1, -0.05) is 6.07 Å². The number of thioether (sulfide) groups is 1. The summed E-state index contributed by atoms with van der Waals surface area (Å²) in [6, 6.07) is 5.79. The molecular formula is C22H30N2O2S. The zero-order valence-electron chi connectivity index (χ0n) is 15.8. The topological polar surface area (TPSA) is 62.2 Å². The third-order valence-corrected chi connectivity index (χ3v) is 8.95. The highest BCUT2D eigenvalue weighted by molar-refractivity contribution is 8.01. The van der Waals surface area contributed by atoms with E-state index in [1.807, 2.05) is 30.0 Å². The molecule has 0 unspecified atom stereocenters. The maximum Gasteiger partial charge on any atom is 0.230 e. The average Bonchev–Trinajstić information content (AvgIpc) is 2.62. The molecule has 1 heterocycles. The van der Waals surface area contributed by atoms with Crippen LogP contribution in [0, 0.1) is 23.7 Å². The van der Waals surface area contributed by atoms with Gasteiger partial charge in [-0.05, 0) is 87.2 Å². The van der Waals surface area contributed by atoms with Crippen LogP contribution in [0.4, 0.5) is 0 Å². The van der Waals surface area contributed by atoms with Crippen LogP contribution in [0.5, 0.6) is 0 Å². The van der Waals surface area contributed by atoms with E-state index in [9.17, 15) is 9.90 Å². The van der Waals surface area contributed by atoms with E-state index in [0.29, 0.717) is 16.4 Å². The van der Waals surface area contributed by atoms with Crippen molar-refractivity contribution < 1.29 is 9.90 Å². The summed E-state index contributed by atoms with van der Waals surface area (Å²) in [7, 11) is 0. The zero-order chi connectivity index (χ0) is 18.4. The average molecular weight is 387 g/mol. The van der Waals surface area contributed by atoms with Gasteiger partial charge in [0.05, 0.1) is 23.6 Å². The molecule has 5 aliphatic rings. The minimum atomic E-state index is -0.223. The first-order valence-electron chi connectivity index (χ1n) is 10.6. The lowest BCUT2D eigenvalue weighted by atomic mass is 9.56. The molecule has 0 aliphatic heterocycles. The van der Waals surface area contributed by atoms with Crippen molar-refractivity contribution >= 4 is 17.7 Å². The number of nitrogens with zero attached hydrogens (tertiary/aromatic N) is 1. The predicted octanol–water partition coefficient (Wildman–Crippen LogP) is 3.71. The van der Waals surface area contributed by atoms with Gasteiger partial charge in [-0.3, -0.25) is 9.78 Å². The second-order valence-corrected chi connectivity index (χ2v) is 11.0. The number of aliphatic hydroxyl groups is 1. The number of pyridine rings is 1. The minimum Gasteiger partial charge on any atom is -0.393 e. The lowest BCUT2D eigenvalue weighted by Gasteiger charge is -2.56. The van der Waals surface area contributed by atoms with E-state index in [4.69, 9.17) is 0 Å². The summed E-state index contributed by atoms with van der Waals surface area (Å²) in [5, 5.41) is 13.0. The zero-order valence-corrected chi connectivity index (χ0v) is 16.7. The summed E-state index contributed by atoms with van der Waals surface area (Å²) in [5.41, 5.74) is 0.919. The van der Waals surface area contributed by atoms with Crippen LogP contribution < -0.4 is 5.32 Å². The highest BCUT2D eigenvalue weighted by Gasteiger charge is 2.51. The smallest absolute Gasteiger partial charge is 0.230 e. The summed E-state index contributed by atoms with van der Waals surface area (Å²) in [4.78, 5) is 17.3. The summed E-state index contributed by atoms with van der Waals surface area (Å²) in [6.07, 6.45) is 11.4. The Hall–Kier alpha value is -1.07. The van der Waals surface area contributed by atoms with Gasteiger partial charge in [0.2, 0.25) is 5.91 Å². The van der Waals surface area contributed by atoms with Gasteiger partial charge in [0.25, 0.3) is 0 Å². The number of nitrogens with one attached hydrogen (secondary N) is 1. The maximum absolute atomic E-state index is 12.8. The molecular weight excluding hydrogens is 356 g/mol.